The number of aromatic nitrogens is 2. The first-order valence-corrected chi connectivity index (χ1v) is 2.96. The van der Waals surface area contributed by atoms with E-state index in [0.717, 1.165) is 0 Å². The van der Waals surface area contributed by atoms with Gasteiger partial charge >= 0.3 is 0 Å². The summed E-state index contributed by atoms with van der Waals surface area (Å²) in [4.78, 5) is 17.3. The van der Waals surface area contributed by atoms with Crippen LogP contribution in [0.25, 0.3) is 6.08 Å². The van der Waals surface area contributed by atoms with Gasteiger partial charge in [-0.25, -0.2) is 9.97 Å². The molecule has 1 aromatic rings. The van der Waals surface area contributed by atoms with Crippen molar-refractivity contribution in [2.24, 2.45) is 0 Å². The number of carbonyl (C=O) groups is 1. The summed E-state index contributed by atoms with van der Waals surface area (Å²) < 4.78 is 0. The number of aldehydes is 1. The van der Waals surface area contributed by atoms with Crippen molar-refractivity contribution in [3.05, 3.63) is 24.3 Å². The van der Waals surface area contributed by atoms with Crippen LogP contribution in [-0.4, -0.2) is 21.4 Å². The standard InChI is InChI=1S/C7H6N2O2/c10-3-1-2-7-8-4-6(11)5-9-7/h1-5,11H. The molecule has 0 aliphatic heterocycles. The molecule has 11 heavy (non-hydrogen) atoms. The molecule has 0 fully saturated rings. The third-order valence-corrected chi connectivity index (χ3v) is 0.982. The number of rotatable bonds is 2. The van der Waals surface area contributed by atoms with E-state index in [1.807, 2.05) is 0 Å². The highest BCUT2D eigenvalue weighted by molar-refractivity contribution is 5.72. The Hall–Kier alpha value is -1.71. The molecule has 0 amide bonds. The van der Waals surface area contributed by atoms with Crippen LogP contribution in [0.3, 0.4) is 0 Å². The molecule has 1 aromatic heterocycles. The summed E-state index contributed by atoms with van der Waals surface area (Å²) in [7, 11) is 0. The van der Waals surface area contributed by atoms with E-state index < -0.39 is 0 Å². The number of hydrogen-bond acceptors (Lipinski definition) is 4. The predicted octanol–water partition coefficient (Wildman–Crippen LogP) is 0.394. The highest BCUT2D eigenvalue weighted by Crippen LogP contribution is 2.02. The van der Waals surface area contributed by atoms with Crippen LogP contribution >= 0.6 is 0 Å². The van der Waals surface area contributed by atoms with Gasteiger partial charge in [0.25, 0.3) is 0 Å². The lowest BCUT2D eigenvalue weighted by molar-refractivity contribution is -0.104. The summed E-state index contributed by atoms with van der Waals surface area (Å²) in [6, 6.07) is 0. The number of carbonyl (C=O) groups excluding carboxylic acids is 1. The highest BCUT2D eigenvalue weighted by Gasteiger charge is 1.88. The van der Waals surface area contributed by atoms with Gasteiger partial charge in [-0.2, -0.15) is 0 Å². The van der Waals surface area contributed by atoms with E-state index in [0.29, 0.717) is 12.1 Å². The minimum absolute atomic E-state index is 0.00764. The van der Waals surface area contributed by atoms with Gasteiger partial charge in [0.1, 0.15) is 6.29 Å². The Kier molecular flexibility index (Phi) is 2.32. The summed E-state index contributed by atoms with van der Waals surface area (Å²) in [5, 5.41) is 8.76. The van der Waals surface area contributed by atoms with Gasteiger partial charge in [0, 0.05) is 0 Å². The average molecular weight is 150 g/mol. The van der Waals surface area contributed by atoms with Crippen LogP contribution in [0.1, 0.15) is 5.82 Å². The average Bonchev–Trinajstić information content (AvgIpc) is 2.04. The zero-order valence-electron chi connectivity index (χ0n) is 5.64. The van der Waals surface area contributed by atoms with Gasteiger partial charge in [-0.05, 0) is 12.2 Å². The van der Waals surface area contributed by atoms with Crippen molar-refractivity contribution in [2.45, 2.75) is 0 Å². The van der Waals surface area contributed by atoms with Crippen molar-refractivity contribution in [2.75, 3.05) is 0 Å². The second kappa shape index (κ2) is 3.46. The van der Waals surface area contributed by atoms with Gasteiger partial charge in [-0.15, -0.1) is 0 Å². The highest BCUT2D eigenvalue weighted by atomic mass is 16.3. The fraction of sp³-hybridized carbons (Fsp3) is 0. The lowest BCUT2D eigenvalue weighted by Gasteiger charge is -1.89. The molecule has 0 saturated heterocycles. The van der Waals surface area contributed by atoms with Crippen LogP contribution in [-0.2, 0) is 4.79 Å². The summed E-state index contributed by atoms with van der Waals surface area (Å²) in [6.45, 7) is 0. The van der Waals surface area contributed by atoms with Crippen LogP contribution in [0, 0.1) is 0 Å². The summed E-state index contributed by atoms with van der Waals surface area (Å²) in [5.41, 5.74) is 0. The van der Waals surface area contributed by atoms with E-state index in [9.17, 15) is 4.79 Å². The van der Waals surface area contributed by atoms with Crippen molar-refractivity contribution in [1.29, 1.82) is 0 Å². The first-order valence-electron chi connectivity index (χ1n) is 2.96. The molecular weight excluding hydrogens is 144 g/mol. The van der Waals surface area contributed by atoms with Crippen LogP contribution in [0.5, 0.6) is 5.75 Å². The third kappa shape index (κ3) is 2.17. The normalized spacial score (nSPS) is 10.2. The van der Waals surface area contributed by atoms with Gasteiger partial charge in [0.15, 0.2) is 11.6 Å². The Balaban J connectivity index is 2.81. The summed E-state index contributed by atoms with van der Waals surface area (Å²) in [6.07, 6.45) is 5.89. The number of hydrogen-bond donors (Lipinski definition) is 1. The second-order valence-electron chi connectivity index (χ2n) is 1.79. The Morgan fingerprint density at radius 2 is 2.00 bits per heavy atom. The van der Waals surface area contributed by atoms with Crippen molar-refractivity contribution in [1.82, 2.24) is 9.97 Å². The van der Waals surface area contributed by atoms with E-state index in [-0.39, 0.29) is 5.75 Å². The molecular formula is C7H6N2O2. The van der Waals surface area contributed by atoms with Crippen molar-refractivity contribution < 1.29 is 9.90 Å². The zero-order chi connectivity index (χ0) is 8.10. The second-order valence-corrected chi connectivity index (χ2v) is 1.79. The quantitative estimate of drug-likeness (QED) is 0.489. The van der Waals surface area contributed by atoms with Gasteiger partial charge < -0.3 is 5.11 Å². The SMILES string of the molecule is O=CC=Cc1ncc(O)cn1. The zero-order valence-corrected chi connectivity index (χ0v) is 5.64. The van der Waals surface area contributed by atoms with Crippen LogP contribution in [0.4, 0.5) is 0 Å². The van der Waals surface area contributed by atoms with Crippen molar-refractivity contribution in [3.63, 3.8) is 0 Å². The molecule has 0 aromatic carbocycles. The fourth-order valence-electron chi connectivity index (χ4n) is 0.543. The van der Waals surface area contributed by atoms with Crippen molar-refractivity contribution >= 4 is 12.4 Å². The van der Waals surface area contributed by atoms with E-state index in [1.165, 1.54) is 24.5 Å². The largest absolute Gasteiger partial charge is 0.505 e. The molecule has 4 heteroatoms. The Bertz CT molecular complexity index is 266. The maximum atomic E-state index is 9.85. The molecule has 0 spiro atoms. The first-order chi connectivity index (χ1) is 5.33. The number of aromatic hydroxyl groups is 1. The van der Waals surface area contributed by atoms with E-state index in [2.05, 4.69) is 9.97 Å². The van der Waals surface area contributed by atoms with Gasteiger partial charge in [-0.1, -0.05) is 0 Å². The lowest BCUT2D eigenvalue weighted by Crippen LogP contribution is -1.83. The summed E-state index contributed by atoms with van der Waals surface area (Å²) in [5.74, 6) is 0.406. The Morgan fingerprint density at radius 1 is 1.36 bits per heavy atom. The van der Waals surface area contributed by atoms with Gasteiger partial charge in [0.05, 0.1) is 12.4 Å². The third-order valence-electron chi connectivity index (χ3n) is 0.982. The first kappa shape index (κ1) is 7.40. The Labute approximate surface area is 63.2 Å². The lowest BCUT2D eigenvalue weighted by atomic mass is 10.5. The molecule has 0 radical (unpaired) electrons. The topological polar surface area (TPSA) is 63.1 Å². The van der Waals surface area contributed by atoms with Crippen molar-refractivity contribution in [3.8, 4) is 5.75 Å². The molecule has 0 aliphatic carbocycles. The molecule has 56 valence electrons. The molecule has 4 nitrogen and oxygen atoms in total. The van der Waals surface area contributed by atoms with Crippen LogP contribution < -0.4 is 0 Å². The minimum Gasteiger partial charge on any atom is -0.505 e. The maximum Gasteiger partial charge on any atom is 0.152 e. The molecule has 1 heterocycles. The Morgan fingerprint density at radius 3 is 2.55 bits per heavy atom. The van der Waals surface area contributed by atoms with E-state index in [1.54, 1.807) is 0 Å². The fourth-order valence-corrected chi connectivity index (χ4v) is 0.543. The molecule has 1 rings (SSSR count). The predicted molar refractivity (Wildman–Crippen MR) is 38.8 cm³/mol. The van der Waals surface area contributed by atoms with Crippen LogP contribution in [0.15, 0.2) is 18.5 Å². The molecule has 0 atom stereocenters. The smallest absolute Gasteiger partial charge is 0.152 e. The molecule has 0 bridgehead atoms. The van der Waals surface area contributed by atoms with Gasteiger partial charge in [-0.3, -0.25) is 4.79 Å². The van der Waals surface area contributed by atoms with E-state index >= 15 is 0 Å². The monoisotopic (exact) mass is 150 g/mol. The number of allylic oxidation sites excluding steroid dienone is 1. The molecule has 0 unspecified atom stereocenters. The van der Waals surface area contributed by atoms with E-state index in [4.69, 9.17) is 5.11 Å². The van der Waals surface area contributed by atoms with Gasteiger partial charge in [0.2, 0.25) is 0 Å². The minimum atomic E-state index is 0.00764. The summed E-state index contributed by atoms with van der Waals surface area (Å²) >= 11 is 0. The molecule has 0 saturated carbocycles. The number of nitrogens with zero attached hydrogens (tertiary/aromatic N) is 2. The maximum absolute atomic E-state index is 9.85. The molecule has 0 aliphatic rings. The molecule has 1 N–H and O–H groups in total. The van der Waals surface area contributed by atoms with Crippen LogP contribution in [0.2, 0.25) is 0 Å².